The lowest BCUT2D eigenvalue weighted by atomic mass is 10.0. The number of carbonyl (C=O) groups is 4. The summed E-state index contributed by atoms with van der Waals surface area (Å²) < 4.78 is 55.9. The number of nitrogens with zero attached hydrogens (tertiary/aromatic N) is 8. The zero-order chi connectivity index (χ0) is 95.4. The van der Waals surface area contributed by atoms with Crippen LogP contribution in [0.15, 0.2) is 255 Å². The number of para-hydroxylation sites is 4. The molecule has 24 heteroatoms. The Morgan fingerprint density at radius 2 is 0.529 bits per heavy atom. The second kappa shape index (κ2) is 47.4. The van der Waals surface area contributed by atoms with E-state index < -0.39 is 0 Å². The van der Waals surface area contributed by atoms with E-state index in [1.807, 2.05) is 231 Å². The van der Waals surface area contributed by atoms with Gasteiger partial charge in [0.2, 0.25) is 0 Å². The molecule has 8 heterocycles. The molecule has 0 bridgehead atoms. The second-order valence-corrected chi connectivity index (χ2v) is 38.7. The van der Waals surface area contributed by atoms with E-state index in [9.17, 15) is 19.2 Å². The molecule has 6 fully saturated rings. The van der Waals surface area contributed by atoms with Gasteiger partial charge < -0.3 is 75.8 Å². The number of benzene rings is 10. The van der Waals surface area contributed by atoms with Gasteiger partial charge in [-0.15, -0.1) is 0 Å². The third kappa shape index (κ3) is 25.2. The van der Waals surface area contributed by atoms with E-state index in [-0.39, 0.29) is 59.4 Å². The summed E-state index contributed by atoms with van der Waals surface area (Å²) in [5.74, 6) is 7.80. The number of hydrogen-bond acceptors (Lipinski definition) is 16. The van der Waals surface area contributed by atoms with E-state index >= 15 is 0 Å². The summed E-state index contributed by atoms with van der Waals surface area (Å²) in [5, 5.41) is 6.77. The van der Waals surface area contributed by atoms with Crippen LogP contribution in [0.25, 0.3) is 43.6 Å². The van der Waals surface area contributed by atoms with Crippen molar-refractivity contribution in [2.24, 2.45) is 11.8 Å². The standard InChI is InChI=1S/2C30H31ClN2O3.2C27H31ClN2O3/c1-35-28-13-6-12-26-27(30(34)22-8-3-2-4-9-22)21-33(29(26)28)17-7-16-32-18-14-24(15-19-32)36-25-11-5-10-23(31)20-25;1-35-28-10-5-9-26-27(30(34)22-7-3-2-4-8-22)21-33(29(26)28)18-6-17-32-19-15-25(16-20-32)36-24-13-11-23(31)12-14-24;1-32-25-8-3-7-23-24(27(31)19-9-10-19)18-30(26(23)25)14-4-13-29-15-11-21(12-16-29)33-22-6-2-5-20(28)17-22;1-32-25-5-2-4-23-24(27(31)19-6-7-19)18-30(26(23)25)15-3-14-29-16-12-22(13-17-29)33-21-10-8-20(28)9-11-21/h2-6,8-13,20-21,24H,7,14-19H2,1H3;2-5,7-14,21,25H,6,15-20H2,1H3;2-3,5-8,17-19,21H,4,9-16H2,1H3;2,4-5,8-11,18-19,22H,3,6-7,12-17H2,1H3. The van der Waals surface area contributed by atoms with Gasteiger partial charge in [0.1, 0.15) is 70.4 Å². The molecule has 10 aromatic carbocycles. The summed E-state index contributed by atoms with van der Waals surface area (Å²) in [6.07, 6.45) is 25.3. The molecule has 0 N–H and O–H groups in total. The van der Waals surface area contributed by atoms with Gasteiger partial charge in [-0.25, -0.2) is 0 Å². The van der Waals surface area contributed by atoms with E-state index in [4.69, 9.17) is 84.3 Å². The molecular formula is C114H124Cl4N8O12. The van der Waals surface area contributed by atoms with Crippen molar-refractivity contribution in [1.82, 2.24) is 37.9 Å². The number of ether oxygens (including phenoxy) is 8. The van der Waals surface area contributed by atoms with Gasteiger partial charge in [0.05, 0.1) is 50.5 Å². The molecule has 2 saturated carbocycles. The van der Waals surface area contributed by atoms with Crippen molar-refractivity contribution < 1.29 is 57.1 Å². The topological polar surface area (TPSA) is 175 Å². The molecule has 20 rings (SSSR count). The van der Waals surface area contributed by atoms with Gasteiger partial charge in [0, 0.05) is 190 Å². The SMILES string of the molecule is COc1cccc2c(C(=O)C3CC3)cn(CCCN3CCC(Oc4ccc(Cl)cc4)CC3)c12.COc1cccc2c(C(=O)C3CC3)cn(CCCN3CCC(Oc4cccc(Cl)c4)CC3)c12.COc1cccc2c(C(=O)c3ccccc3)cn(CCCN3CCC(Oc4ccc(Cl)cc4)CC3)c12.COc1cccc2c(C(=O)c3ccccc3)cn(CCCN3CCC(Oc4cccc(Cl)c4)CC3)c12. The number of carbonyl (C=O) groups excluding carboxylic acids is 4. The van der Waals surface area contributed by atoms with Gasteiger partial charge in [-0.05, 0) is 238 Å². The number of halogens is 4. The van der Waals surface area contributed by atoms with Crippen molar-refractivity contribution in [1.29, 1.82) is 0 Å². The average molecular weight is 1940 g/mol. The third-order valence-corrected chi connectivity index (χ3v) is 28.3. The Hall–Kier alpha value is -11.6. The zero-order valence-corrected chi connectivity index (χ0v) is 82.4. The van der Waals surface area contributed by atoms with E-state index in [0.717, 1.165) is 324 Å². The van der Waals surface area contributed by atoms with Gasteiger partial charge in [-0.2, -0.15) is 0 Å². The van der Waals surface area contributed by atoms with Crippen LogP contribution in [0.5, 0.6) is 46.0 Å². The maximum atomic E-state index is 13.3. The number of aromatic nitrogens is 4. The number of ketones is 4. The Labute approximate surface area is 829 Å². The van der Waals surface area contributed by atoms with Crippen LogP contribution in [0.4, 0.5) is 0 Å². The molecule has 138 heavy (non-hydrogen) atoms. The minimum atomic E-state index is 0.0365. The fourth-order valence-corrected chi connectivity index (χ4v) is 20.4. The van der Waals surface area contributed by atoms with Crippen LogP contribution >= 0.6 is 46.4 Å². The normalized spacial score (nSPS) is 16.0. The predicted molar refractivity (Wildman–Crippen MR) is 552 cm³/mol. The summed E-state index contributed by atoms with van der Waals surface area (Å²) in [5.41, 5.74) is 8.57. The first-order chi connectivity index (χ1) is 67.5. The lowest BCUT2D eigenvalue weighted by molar-refractivity contribution is 0.0961. The van der Waals surface area contributed by atoms with Crippen LogP contribution in [0, 0.1) is 11.8 Å². The molecule has 0 radical (unpaired) electrons. The minimum Gasteiger partial charge on any atom is -0.495 e. The van der Waals surface area contributed by atoms with Crippen LogP contribution in [0.1, 0.15) is 155 Å². The highest BCUT2D eigenvalue weighted by atomic mass is 35.5. The lowest BCUT2D eigenvalue weighted by Crippen LogP contribution is -2.38. The van der Waals surface area contributed by atoms with Crippen LogP contribution in [0.2, 0.25) is 20.1 Å². The number of rotatable bonds is 36. The Bertz CT molecular complexity index is 6420. The Kier molecular flexibility index (Phi) is 33.7. The molecule has 0 spiro atoms. The fourth-order valence-electron chi connectivity index (χ4n) is 19.8. The number of hydrogen-bond donors (Lipinski definition) is 0. The number of likely N-dealkylation sites (tertiary alicyclic amines) is 4. The van der Waals surface area contributed by atoms with Gasteiger partial charge >= 0.3 is 0 Å². The molecule has 6 aliphatic rings. The van der Waals surface area contributed by atoms with Gasteiger partial charge in [-0.1, -0.05) is 168 Å². The molecule has 0 unspecified atom stereocenters. The third-order valence-electron chi connectivity index (χ3n) is 27.4. The second-order valence-electron chi connectivity index (χ2n) is 36.9. The van der Waals surface area contributed by atoms with E-state index in [2.05, 4.69) is 62.4 Å². The number of methoxy groups -OCH3 is 4. The highest BCUT2D eigenvalue weighted by molar-refractivity contribution is 6.31. The van der Waals surface area contributed by atoms with Crippen LogP contribution in [-0.2, 0) is 26.2 Å². The molecule has 720 valence electrons. The van der Waals surface area contributed by atoms with E-state index in [1.54, 1.807) is 28.4 Å². The fraction of sp³-hybridized carbons (Fsp3) is 0.368. The minimum absolute atomic E-state index is 0.0365. The quantitative estimate of drug-likeness (QED) is 0.0339. The first-order valence-corrected chi connectivity index (χ1v) is 50.5. The highest BCUT2D eigenvalue weighted by Gasteiger charge is 2.36. The molecule has 20 nitrogen and oxygen atoms in total. The van der Waals surface area contributed by atoms with Crippen molar-refractivity contribution >= 4 is 113 Å². The predicted octanol–water partition coefficient (Wildman–Crippen LogP) is 24.6. The van der Waals surface area contributed by atoms with Crippen molar-refractivity contribution in [3.63, 3.8) is 0 Å². The van der Waals surface area contributed by atoms with Crippen molar-refractivity contribution in [2.75, 3.05) is 107 Å². The summed E-state index contributed by atoms with van der Waals surface area (Å²) in [6, 6.07) is 73.2. The number of aryl methyl sites for hydroxylation is 4. The summed E-state index contributed by atoms with van der Waals surface area (Å²) in [4.78, 5) is 62.3. The highest BCUT2D eigenvalue weighted by Crippen LogP contribution is 2.42. The van der Waals surface area contributed by atoms with Crippen LogP contribution < -0.4 is 37.9 Å². The van der Waals surface area contributed by atoms with Crippen molar-refractivity contribution in [2.45, 2.75) is 153 Å². The Morgan fingerprint density at radius 3 is 0.797 bits per heavy atom. The number of fused-ring (bicyclic) bond motifs is 4. The molecule has 4 aliphatic heterocycles. The molecule has 4 aromatic heterocycles. The van der Waals surface area contributed by atoms with E-state index in [1.165, 1.54) is 0 Å². The van der Waals surface area contributed by atoms with Crippen molar-refractivity contribution in [3.05, 3.63) is 309 Å². The van der Waals surface area contributed by atoms with Crippen molar-refractivity contribution in [3.8, 4) is 46.0 Å². The van der Waals surface area contributed by atoms with Gasteiger partial charge in [-0.3, -0.25) is 19.2 Å². The van der Waals surface area contributed by atoms with Gasteiger partial charge in [0.15, 0.2) is 23.1 Å². The molecular weight excluding hydrogens is 1820 g/mol. The maximum Gasteiger partial charge on any atom is 0.195 e. The Morgan fingerprint density at radius 1 is 0.268 bits per heavy atom. The molecule has 14 aromatic rings. The average Bonchev–Trinajstić information content (AvgIpc) is 1.58. The van der Waals surface area contributed by atoms with Crippen LogP contribution in [-0.4, -0.2) is 192 Å². The zero-order valence-electron chi connectivity index (χ0n) is 79.3. The maximum absolute atomic E-state index is 13.3. The van der Waals surface area contributed by atoms with Gasteiger partial charge in [0.25, 0.3) is 0 Å². The number of Topliss-reactive ketones (excluding diaryl/α,β-unsaturated/α-hetero) is 2. The monoisotopic (exact) mass is 1940 g/mol. The molecule has 4 saturated heterocycles. The smallest absolute Gasteiger partial charge is 0.195 e. The molecule has 0 atom stereocenters. The summed E-state index contributed by atoms with van der Waals surface area (Å²) in [6.45, 7) is 15.7. The summed E-state index contributed by atoms with van der Waals surface area (Å²) >= 11 is 24.1. The largest absolute Gasteiger partial charge is 0.495 e. The first-order valence-electron chi connectivity index (χ1n) is 49.0. The molecule has 2 aliphatic carbocycles. The Balaban J connectivity index is 0.000000127. The lowest BCUT2D eigenvalue weighted by Gasteiger charge is -2.32. The molecule has 0 amide bonds. The van der Waals surface area contributed by atoms with Crippen LogP contribution in [0.3, 0.4) is 0 Å². The number of piperidine rings is 4. The summed E-state index contributed by atoms with van der Waals surface area (Å²) in [7, 11) is 6.76. The first kappa shape index (κ1) is 98.1. The van der Waals surface area contributed by atoms with E-state index in [0.29, 0.717) is 26.7 Å².